The number of hydrazine groups is 1. The number of aryl methyl sites for hydroxylation is 1. The summed E-state index contributed by atoms with van der Waals surface area (Å²) in [6, 6.07) is 14.1. The van der Waals surface area contributed by atoms with Gasteiger partial charge in [0.1, 0.15) is 0 Å². The quantitative estimate of drug-likeness (QED) is 0.711. The molecule has 3 aromatic rings. The second-order valence-electron chi connectivity index (χ2n) is 5.09. The summed E-state index contributed by atoms with van der Waals surface area (Å²) in [7, 11) is 1.86. The van der Waals surface area contributed by atoms with Gasteiger partial charge >= 0.3 is 0 Å². The molecule has 2 N–H and O–H groups in total. The Morgan fingerprint density at radius 3 is 2.52 bits per heavy atom. The summed E-state index contributed by atoms with van der Waals surface area (Å²) in [6.07, 6.45) is 1.73. The molecule has 3 rings (SSSR count). The van der Waals surface area contributed by atoms with Crippen molar-refractivity contribution >= 4 is 34.3 Å². The van der Waals surface area contributed by atoms with Crippen molar-refractivity contribution < 1.29 is 9.59 Å². The maximum absolute atomic E-state index is 12.3. The van der Waals surface area contributed by atoms with Crippen molar-refractivity contribution in [3.05, 3.63) is 70.9 Å². The first-order valence-electron chi connectivity index (χ1n) is 6.96. The molecule has 0 aliphatic carbocycles. The lowest BCUT2D eigenvalue weighted by Crippen LogP contribution is -2.41. The van der Waals surface area contributed by atoms with Crippen LogP contribution in [0.2, 0.25) is 5.02 Å². The molecule has 0 unspecified atom stereocenters. The largest absolute Gasteiger partial charge is 0.350 e. The molecule has 1 heterocycles. The summed E-state index contributed by atoms with van der Waals surface area (Å²) in [5, 5.41) is 1.28. The van der Waals surface area contributed by atoms with E-state index in [2.05, 4.69) is 10.9 Å². The van der Waals surface area contributed by atoms with E-state index in [9.17, 15) is 9.59 Å². The fourth-order valence-corrected chi connectivity index (χ4v) is 2.60. The summed E-state index contributed by atoms with van der Waals surface area (Å²) in [4.78, 5) is 24.3. The zero-order valence-corrected chi connectivity index (χ0v) is 13.1. The Morgan fingerprint density at radius 2 is 1.74 bits per heavy atom. The molecule has 0 aliphatic heterocycles. The Bertz CT molecular complexity index is 902. The number of hydrogen-bond donors (Lipinski definition) is 2. The van der Waals surface area contributed by atoms with E-state index in [-0.39, 0.29) is 5.91 Å². The van der Waals surface area contributed by atoms with Gasteiger partial charge in [-0.1, -0.05) is 35.9 Å². The maximum Gasteiger partial charge on any atom is 0.271 e. The molecule has 0 fully saturated rings. The Hall–Kier alpha value is -2.79. The van der Waals surface area contributed by atoms with E-state index in [0.717, 1.165) is 10.9 Å². The number of amides is 2. The molecular weight excluding hydrogens is 314 g/mol. The maximum atomic E-state index is 12.3. The minimum Gasteiger partial charge on any atom is -0.350 e. The van der Waals surface area contributed by atoms with Crippen LogP contribution in [0.25, 0.3) is 10.9 Å². The fourth-order valence-electron chi connectivity index (χ4n) is 2.41. The zero-order chi connectivity index (χ0) is 16.4. The molecule has 116 valence electrons. The topological polar surface area (TPSA) is 63.1 Å². The van der Waals surface area contributed by atoms with Crippen LogP contribution in [-0.4, -0.2) is 16.4 Å². The summed E-state index contributed by atoms with van der Waals surface area (Å²) in [5.41, 5.74) is 6.63. The second-order valence-corrected chi connectivity index (χ2v) is 5.53. The van der Waals surface area contributed by atoms with Gasteiger partial charge in [-0.2, -0.15) is 0 Å². The van der Waals surface area contributed by atoms with Crippen molar-refractivity contribution in [2.45, 2.75) is 0 Å². The predicted molar refractivity (Wildman–Crippen MR) is 89.3 cm³/mol. The molecule has 5 nitrogen and oxygen atoms in total. The Morgan fingerprint density at radius 1 is 1.00 bits per heavy atom. The Kier molecular flexibility index (Phi) is 4.04. The molecular formula is C17H14ClN3O2. The standard InChI is InChI=1S/C17H14ClN3O2/c1-21-10-14(13-7-2-3-8-15(13)21)17(23)20-19-16(22)11-5-4-6-12(18)9-11/h2-10H,1H3,(H,19,22)(H,20,23). The van der Waals surface area contributed by atoms with E-state index in [1.807, 2.05) is 35.9 Å². The lowest BCUT2D eigenvalue weighted by atomic mass is 10.2. The summed E-state index contributed by atoms with van der Waals surface area (Å²) in [6.45, 7) is 0. The van der Waals surface area contributed by atoms with E-state index in [0.29, 0.717) is 16.1 Å². The highest BCUT2D eigenvalue weighted by atomic mass is 35.5. The number of rotatable bonds is 2. The van der Waals surface area contributed by atoms with Crippen molar-refractivity contribution in [1.82, 2.24) is 15.4 Å². The van der Waals surface area contributed by atoms with Crippen LogP contribution in [0.3, 0.4) is 0 Å². The third-order valence-corrected chi connectivity index (χ3v) is 3.75. The Balaban J connectivity index is 1.75. The zero-order valence-electron chi connectivity index (χ0n) is 12.3. The highest BCUT2D eigenvalue weighted by Crippen LogP contribution is 2.19. The molecule has 2 amide bonds. The molecule has 23 heavy (non-hydrogen) atoms. The predicted octanol–water partition coefficient (Wildman–Crippen LogP) is 2.91. The molecule has 0 atom stereocenters. The van der Waals surface area contributed by atoms with Gasteiger partial charge in [0.15, 0.2) is 0 Å². The number of fused-ring (bicyclic) bond motifs is 1. The SMILES string of the molecule is Cn1cc(C(=O)NNC(=O)c2cccc(Cl)c2)c2ccccc21. The summed E-state index contributed by atoms with van der Waals surface area (Å²) >= 11 is 5.85. The van der Waals surface area contributed by atoms with Crippen LogP contribution in [0.15, 0.2) is 54.7 Å². The van der Waals surface area contributed by atoms with E-state index < -0.39 is 5.91 Å². The van der Waals surface area contributed by atoms with Gasteiger partial charge < -0.3 is 4.57 Å². The lowest BCUT2D eigenvalue weighted by Gasteiger charge is -2.07. The van der Waals surface area contributed by atoms with Crippen LogP contribution in [0.5, 0.6) is 0 Å². The molecule has 1 aromatic heterocycles. The monoisotopic (exact) mass is 327 g/mol. The second kappa shape index (κ2) is 6.14. The molecule has 6 heteroatoms. The van der Waals surface area contributed by atoms with E-state index in [1.54, 1.807) is 24.4 Å². The van der Waals surface area contributed by atoms with E-state index >= 15 is 0 Å². The van der Waals surface area contributed by atoms with Crippen LogP contribution >= 0.6 is 11.6 Å². The number of para-hydroxylation sites is 1. The number of halogens is 1. The van der Waals surface area contributed by atoms with Gasteiger partial charge in [0, 0.05) is 34.7 Å². The third kappa shape index (κ3) is 3.05. The van der Waals surface area contributed by atoms with Crippen molar-refractivity contribution in [3.8, 4) is 0 Å². The average molecular weight is 328 g/mol. The minimum atomic E-state index is -0.430. The van der Waals surface area contributed by atoms with Gasteiger partial charge in [-0.15, -0.1) is 0 Å². The van der Waals surface area contributed by atoms with Crippen LogP contribution < -0.4 is 10.9 Å². The van der Waals surface area contributed by atoms with Crippen LogP contribution in [-0.2, 0) is 7.05 Å². The number of benzene rings is 2. The van der Waals surface area contributed by atoms with Gasteiger partial charge in [-0.05, 0) is 24.3 Å². The highest BCUT2D eigenvalue weighted by Gasteiger charge is 2.14. The van der Waals surface area contributed by atoms with E-state index in [4.69, 9.17) is 11.6 Å². The summed E-state index contributed by atoms with van der Waals surface area (Å²) in [5.74, 6) is -0.807. The molecule has 0 saturated carbocycles. The molecule has 0 bridgehead atoms. The Labute approximate surface area is 137 Å². The average Bonchev–Trinajstić information content (AvgIpc) is 2.90. The van der Waals surface area contributed by atoms with Crippen molar-refractivity contribution in [2.24, 2.45) is 7.05 Å². The van der Waals surface area contributed by atoms with Crippen LogP contribution in [0.1, 0.15) is 20.7 Å². The number of hydrogen-bond acceptors (Lipinski definition) is 2. The number of nitrogens with one attached hydrogen (secondary N) is 2. The normalized spacial score (nSPS) is 10.5. The third-order valence-electron chi connectivity index (χ3n) is 3.52. The smallest absolute Gasteiger partial charge is 0.271 e. The van der Waals surface area contributed by atoms with Gasteiger partial charge in [0.2, 0.25) is 0 Å². The highest BCUT2D eigenvalue weighted by molar-refractivity contribution is 6.31. The number of carbonyl (C=O) groups excluding carboxylic acids is 2. The first kappa shape index (κ1) is 15.1. The van der Waals surface area contributed by atoms with Crippen molar-refractivity contribution in [1.29, 1.82) is 0 Å². The molecule has 2 aromatic carbocycles. The van der Waals surface area contributed by atoms with Gasteiger partial charge in [-0.3, -0.25) is 20.4 Å². The number of nitrogens with zero attached hydrogens (tertiary/aromatic N) is 1. The van der Waals surface area contributed by atoms with Crippen molar-refractivity contribution in [2.75, 3.05) is 0 Å². The molecule has 0 saturated heterocycles. The van der Waals surface area contributed by atoms with Gasteiger partial charge in [-0.25, -0.2) is 0 Å². The van der Waals surface area contributed by atoms with Crippen LogP contribution in [0.4, 0.5) is 0 Å². The first-order valence-corrected chi connectivity index (χ1v) is 7.34. The van der Waals surface area contributed by atoms with Crippen molar-refractivity contribution in [3.63, 3.8) is 0 Å². The van der Waals surface area contributed by atoms with Gasteiger partial charge in [0.05, 0.1) is 5.56 Å². The van der Waals surface area contributed by atoms with E-state index in [1.165, 1.54) is 6.07 Å². The molecule has 0 spiro atoms. The first-order chi connectivity index (χ1) is 11.1. The van der Waals surface area contributed by atoms with Gasteiger partial charge in [0.25, 0.3) is 11.8 Å². The lowest BCUT2D eigenvalue weighted by molar-refractivity contribution is 0.0847. The minimum absolute atomic E-state index is 0.371. The summed E-state index contributed by atoms with van der Waals surface area (Å²) < 4.78 is 1.86. The number of aromatic nitrogens is 1. The van der Waals surface area contributed by atoms with Crippen LogP contribution in [0, 0.1) is 0 Å². The number of carbonyl (C=O) groups is 2. The molecule has 0 aliphatic rings. The fraction of sp³-hybridized carbons (Fsp3) is 0.0588. The molecule has 0 radical (unpaired) electrons.